The van der Waals surface area contributed by atoms with Crippen LogP contribution in [0.5, 0.6) is 0 Å². The third-order valence-electron chi connectivity index (χ3n) is 5.67. The topological polar surface area (TPSA) is 44.4 Å². The minimum atomic E-state index is -0.475. The number of amides is 1. The van der Waals surface area contributed by atoms with E-state index in [9.17, 15) is 4.79 Å². The number of hydrogen-bond acceptors (Lipinski definition) is 3. The smallest absolute Gasteiger partial charge is 0.253 e. The van der Waals surface area contributed by atoms with E-state index in [4.69, 9.17) is 0 Å². The van der Waals surface area contributed by atoms with Crippen molar-refractivity contribution in [2.75, 3.05) is 23.3 Å². The molecule has 5 heteroatoms. The number of fused-ring (bicyclic) bond motifs is 1. The number of anilines is 2. The molecule has 2 aliphatic rings. The van der Waals surface area contributed by atoms with E-state index in [-0.39, 0.29) is 18.3 Å². The van der Waals surface area contributed by atoms with Gasteiger partial charge in [0.1, 0.15) is 5.54 Å². The first-order chi connectivity index (χ1) is 12.6. The van der Waals surface area contributed by atoms with Crippen LogP contribution in [0.25, 0.3) is 0 Å². The van der Waals surface area contributed by atoms with E-state index in [1.54, 1.807) is 0 Å². The SMILES string of the molecule is CC(C)c1ccc(CN2C(=O)C3(CCNCC3)Nc3ccccc32)cc1.Cl. The number of carbonyl (C=O) groups excluding carboxylic acids is 1. The molecule has 2 aromatic carbocycles. The van der Waals surface area contributed by atoms with E-state index >= 15 is 0 Å². The lowest BCUT2D eigenvalue weighted by Gasteiger charge is -2.46. The molecule has 1 spiro atoms. The van der Waals surface area contributed by atoms with Crippen LogP contribution in [0.1, 0.15) is 43.7 Å². The number of carbonyl (C=O) groups is 1. The van der Waals surface area contributed by atoms with Gasteiger partial charge >= 0.3 is 0 Å². The van der Waals surface area contributed by atoms with Gasteiger partial charge in [0.2, 0.25) is 0 Å². The zero-order valence-electron chi connectivity index (χ0n) is 16.0. The molecule has 0 aliphatic carbocycles. The molecule has 0 aromatic heterocycles. The van der Waals surface area contributed by atoms with Crippen molar-refractivity contribution < 1.29 is 4.79 Å². The van der Waals surface area contributed by atoms with Crippen LogP contribution < -0.4 is 15.5 Å². The van der Waals surface area contributed by atoms with Crippen molar-refractivity contribution in [2.24, 2.45) is 0 Å². The summed E-state index contributed by atoms with van der Waals surface area (Å²) < 4.78 is 0. The van der Waals surface area contributed by atoms with Gasteiger partial charge in [0, 0.05) is 0 Å². The molecule has 2 aliphatic heterocycles. The molecule has 2 heterocycles. The maximum absolute atomic E-state index is 13.5. The Morgan fingerprint density at radius 3 is 2.37 bits per heavy atom. The molecule has 0 saturated carbocycles. The van der Waals surface area contributed by atoms with Gasteiger partial charge in [-0.05, 0) is 55.1 Å². The van der Waals surface area contributed by atoms with Crippen LogP contribution in [0, 0.1) is 0 Å². The number of rotatable bonds is 3. The van der Waals surface area contributed by atoms with Gasteiger partial charge in [-0.2, -0.15) is 0 Å². The third-order valence-corrected chi connectivity index (χ3v) is 5.67. The van der Waals surface area contributed by atoms with Crippen molar-refractivity contribution in [3.63, 3.8) is 0 Å². The largest absolute Gasteiger partial charge is 0.369 e. The van der Waals surface area contributed by atoms with Crippen molar-refractivity contribution in [1.29, 1.82) is 0 Å². The van der Waals surface area contributed by atoms with Gasteiger partial charge in [0.05, 0.1) is 17.9 Å². The van der Waals surface area contributed by atoms with Gasteiger partial charge in [0.15, 0.2) is 0 Å². The molecule has 1 amide bonds. The summed E-state index contributed by atoms with van der Waals surface area (Å²) in [6.45, 7) is 6.76. The molecule has 144 valence electrons. The second-order valence-electron chi connectivity index (χ2n) is 7.76. The van der Waals surface area contributed by atoms with E-state index in [2.05, 4.69) is 54.8 Å². The third kappa shape index (κ3) is 3.69. The Balaban J connectivity index is 0.00000210. The summed E-state index contributed by atoms with van der Waals surface area (Å²) in [4.78, 5) is 15.5. The molecule has 0 atom stereocenters. The number of halogens is 1. The van der Waals surface area contributed by atoms with E-state index < -0.39 is 5.54 Å². The highest BCUT2D eigenvalue weighted by Gasteiger charge is 2.46. The van der Waals surface area contributed by atoms with Crippen LogP contribution in [-0.4, -0.2) is 24.5 Å². The predicted octanol–water partition coefficient (Wildman–Crippen LogP) is 4.31. The van der Waals surface area contributed by atoms with Crippen molar-refractivity contribution in [2.45, 2.75) is 44.7 Å². The van der Waals surface area contributed by atoms with Gasteiger partial charge in [0.25, 0.3) is 5.91 Å². The molecule has 0 bridgehead atoms. The minimum Gasteiger partial charge on any atom is -0.369 e. The second kappa shape index (κ2) is 7.91. The van der Waals surface area contributed by atoms with Crippen molar-refractivity contribution >= 4 is 29.7 Å². The normalized spacial score (nSPS) is 18.0. The van der Waals surface area contributed by atoms with Crippen LogP contribution in [0.4, 0.5) is 11.4 Å². The standard InChI is InChI=1S/C22H27N3O.ClH/c1-16(2)18-9-7-17(8-10-18)15-25-20-6-4-3-5-19(20)24-22(21(25)26)11-13-23-14-12-22;/h3-10,16,23-24H,11-15H2,1-2H3;1H. The second-order valence-corrected chi connectivity index (χ2v) is 7.76. The van der Waals surface area contributed by atoms with Crippen molar-refractivity contribution in [1.82, 2.24) is 5.32 Å². The molecule has 0 radical (unpaired) electrons. The summed E-state index contributed by atoms with van der Waals surface area (Å²) >= 11 is 0. The zero-order chi connectivity index (χ0) is 18.1. The Morgan fingerprint density at radius 1 is 1.04 bits per heavy atom. The predicted molar refractivity (Wildman–Crippen MR) is 114 cm³/mol. The lowest BCUT2D eigenvalue weighted by atomic mass is 9.84. The molecule has 4 nitrogen and oxygen atoms in total. The van der Waals surface area contributed by atoms with Crippen molar-refractivity contribution in [3.05, 3.63) is 59.7 Å². The number of piperidine rings is 1. The van der Waals surface area contributed by atoms with Gasteiger partial charge in [-0.25, -0.2) is 0 Å². The zero-order valence-corrected chi connectivity index (χ0v) is 16.8. The summed E-state index contributed by atoms with van der Waals surface area (Å²) in [6, 6.07) is 16.8. The average molecular weight is 386 g/mol. The van der Waals surface area contributed by atoms with Gasteiger partial charge in [-0.3, -0.25) is 4.79 Å². The molecule has 1 fully saturated rings. The monoisotopic (exact) mass is 385 g/mol. The molecular weight excluding hydrogens is 358 g/mol. The molecule has 1 saturated heterocycles. The van der Waals surface area contributed by atoms with Crippen LogP contribution in [-0.2, 0) is 11.3 Å². The van der Waals surface area contributed by atoms with Gasteiger partial charge in [-0.1, -0.05) is 50.2 Å². The number of benzene rings is 2. The van der Waals surface area contributed by atoms with Crippen LogP contribution in [0.15, 0.2) is 48.5 Å². The van der Waals surface area contributed by atoms with Crippen LogP contribution in [0.2, 0.25) is 0 Å². The highest BCUT2D eigenvalue weighted by molar-refractivity contribution is 6.07. The fourth-order valence-corrected chi connectivity index (χ4v) is 4.03. The van der Waals surface area contributed by atoms with E-state index in [0.29, 0.717) is 12.5 Å². The van der Waals surface area contributed by atoms with E-state index in [0.717, 1.165) is 37.3 Å². The number of hydrogen-bond donors (Lipinski definition) is 2. The van der Waals surface area contributed by atoms with Crippen LogP contribution in [0.3, 0.4) is 0 Å². The highest BCUT2D eigenvalue weighted by atomic mass is 35.5. The fourth-order valence-electron chi connectivity index (χ4n) is 4.03. The lowest BCUT2D eigenvalue weighted by molar-refractivity contribution is -0.124. The maximum Gasteiger partial charge on any atom is 0.253 e. The number of nitrogens with zero attached hydrogens (tertiary/aromatic N) is 1. The summed E-state index contributed by atoms with van der Waals surface area (Å²) in [7, 11) is 0. The summed E-state index contributed by atoms with van der Waals surface area (Å²) in [5, 5.41) is 6.94. The summed E-state index contributed by atoms with van der Waals surface area (Å²) in [6.07, 6.45) is 1.64. The summed E-state index contributed by atoms with van der Waals surface area (Å²) in [5.41, 5.74) is 4.07. The van der Waals surface area contributed by atoms with E-state index in [1.807, 2.05) is 23.1 Å². The Bertz CT molecular complexity index is 797. The molecule has 27 heavy (non-hydrogen) atoms. The summed E-state index contributed by atoms with van der Waals surface area (Å²) in [5.74, 6) is 0.717. The number of para-hydroxylation sites is 2. The highest BCUT2D eigenvalue weighted by Crippen LogP contribution is 2.39. The number of nitrogens with one attached hydrogen (secondary N) is 2. The van der Waals surface area contributed by atoms with Gasteiger partial charge in [-0.15, -0.1) is 12.4 Å². The Kier molecular flexibility index (Phi) is 5.78. The Labute approximate surface area is 167 Å². The molecular formula is C22H28ClN3O. The van der Waals surface area contributed by atoms with E-state index in [1.165, 1.54) is 11.1 Å². The first-order valence-electron chi connectivity index (χ1n) is 9.58. The molecule has 0 unspecified atom stereocenters. The van der Waals surface area contributed by atoms with Crippen LogP contribution >= 0.6 is 12.4 Å². The first kappa shape index (κ1) is 19.7. The Morgan fingerprint density at radius 2 is 1.70 bits per heavy atom. The lowest BCUT2D eigenvalue weighted by Crippen LogP contribution is -2.61. The molecule has 2 aromatic rings. The molecule has 2 N–H and O–H groups in total. The molecule has 4 rings (SSSR count). The first-order valence-corrected chi connectivity index (χ1v) is 9.58. The minimum absolute atomic E-state index is 0. The van der Waals surface area contributed by atoms with Gasteiger partial charge < -0.3 is 15.5 Å². The maximum atomic E-state index is 13.5. The average Bonchev–Trinajstić information content (AvgIpc) is 2.66. The fraction of sp³-hybridized carbons (Fsp3) is 0.409. The van der Waals surface area contributed by atoms with Crippen molar-refractivity contribution in [3.8, 4) is 0 Å². The Hall–Kier alpha value is -2.04. The quantitative estimate of drug-likeness (QED) is 0.827.